The highest BCUT2D eigenvalue weighted by molar-refractivity contribution is 7.55. The maximum Gasteiger partial charge on any atom is 0.343 e. The van der Waals surface area contributed by atoms with Crippen molar-refractivity contribution >= 4 is 19.5 Å². The van der Waals surface area contributed by atoms with Crippen LogP contribution in [0.15, 0.2) is 41.7 Å². The smallest absolute Gasteiger partial charge is 0.343 e. The van der Waals surface area contributed by atoms with Gasteiger partial charge in [-0.25, -0.2) is 0 Å². The van der Waals surface area contributed by atoms with Gasteiger partial charge in [0.25, 0.3) is 0 Å². The van der Waals surface area contributed by atoms with E-state index < -0.39 is 13.3 Å². The van der Waals surface area contributed by atoms with Crippen LogP contribution in [0.25, 0.3) is 0 Å². The van der Waals surface area contributed by atoms with E-state index in [0.717, 1.165) is 0 Å². The van der Waals surface area contributed by atoms with E-state index in [4.69, 9.17) is 18.5 Å². The molecule has 1 N–H and O–H groups in total. The number of benzene rings is 1. The summed E-state index contributed by atoms with van der Waals surface area (Å²) in [5.74, 6) is 0.196. The second kappa shape index (κ2) is 10.2. The number of pyridine rings is 1. The fourth-order valence-electron chi connectivity index (χ4n) is 2.58. The summed E-state index contributed by atoms with van der Waals surface area (Å²) in [6.07, 6.45) is 4.71. The van der Waals surface area contributed by atoms with Gasteiger partial charge >= 0.3 is 7.60 Å². The Morgan fingerprint density at radius 1 is 1.18 bits per heavy atom. The van der Waals surface area contributed by atoms with Crippen molar-refractivity contribution in [1.29, 1.82) is 0 Å². The van der Waals surface area contributed by atoms with E-state index in [0.29, 0.717) is 11.3 Å². The molecule has 152 valence electrons. The summed E-state index contributed by atoms with van der Waals surface area (Å²) in [7, 11) is -0.790. The molecule has 0 aliphatic carbocycles. The first-order valence-electron chi connectivity index (χ1n) is 8.76. The first-order valence-corrected chi connectivity index (χ1v) is 10.4. The first-order chi connectivity index (χ1) is 13.5. The zero-order chi connectivity index (χ0) is 20.6. The van der Waals surface area contributed by atoms with E-state index in [1.165, 1.54) is 20.4 Å². The van der Waals surface area contributed by atoms with Crippen molar-refractivity contribution < 1.29 is 28.2 Å². The van der Waals surface area contributed by atoms with Crippen molar-refractivity contribution in [2.75, 3.05) is 27.4 Å². The highest BCUT2D eigenvalue weighted by Crippen LogP contribution is 2.61. The molecule has 9 heteroatoms. The molecule has 0 amide bonds. The van der Waals surface area contributed by atoms with Crippen LogP contribution < -0.4 is 9.47 Å². The third-order valence-electron chi connectivity index (χ3n) is 3.81. The molecule has 0 aliphatic heterocycles. The van der Waals surface area contributed by atoms with Crippen LogP contribution in [0, 0.1) is 0 Å². The molecule has 1 aromatic heterocycles. The number of methoxy groups -OCH3 is 2. The Labute approximate surface area is 164 Å². The molecule has 28 heavy (non-hydrogen) atoms. The second-order valence-corrected chi connectivity index (χ2v) is 7.74. The molecule has 0 radical (unpaired) electrons. The van der Waals surface area contributed by atoms with E-state index in [9.17, 15) is 9.67 Å². The van der Waals surface area contributed by atoms with Crippen molar-refractivity contribution in [2.24, 2.45) is 4.99 Å². The summed E-state index contributed by atoms with van der Waals surface area (Å²) in [5, 5.41) is 10.2. The van der Waals surface area contributed by atoms with Crippen LogP contribution in [0.5, 0.6) is 17.2 Å². The predicted octanol–water partition coefficient (Wildman–Crippen LogP) is 4.51. The Hall–Kier alpha value is -2.41. The molecule has 1 heterocycles. The Balaban J connectivity index is 2.60. The van der Waals surface area contributed by atoms with E-state index in [1.807, 2.05) is 0 Å². The molecule has 0 aliphatic rings. The molecular weight excluding hydrogens is 383 g/mol. The fourth-order valence-corrected chi connectivity index (χ4v) is 4.44. The zero-order valence-corrected chi connectivity index (χ0v) is 17.3. The Bertz CT molecular complexity index is 809. The molecule has 0 fully saturated rings. The maximum absolute atomic E-state index is 13.5. The number of phenols is 1. The van der Waals surface area contributed by atoms with E-state index in [2.05, 4.69) is 9.98 Å². The normalized spacial score (nSPS) is 12.9. The van der Waals surface area contributed by atoms with Gasteiger partial charge in [-0.2, -0.15) is 0 Å². The van der Waals surface area contributed by atoms with Crippen molar-refractivity contribution in [2.45, 2.75) is 19.5 Å². The minimum Gasteiger partial charge on any atom is -0.502 e. The van der Waals surface area contributed by atoms with Crippen LogP contribution in [-0.2, 0) is 13.6 Å². The monoisotopic (exact) mass is 408 g/mol. The summed E-state index contributed by atoms with van der Waals surface area (Å²) >= 11 is 0. The van der Waals surface area contributed by atoms with E-state index in [-0.39, 0.29) is 30.5 Å². The lowest BCUT2D eigenvalue weighted by Gasteiger charge is -2.24. The Morgan fingerprint density at radius 2 is 1.79 bits per heavy atom. The summed E-state index contributed by atoms with van der Waals surface area (Å²) in [6.45, 7) is 3.86. The molecule has 0 spiro atoms. The van der Waals surface area contributed by atoms with Gasteiger partial charge < -0.3 is 23.6 Å². The quantitative estimate of drug-likeness (QED) is 0.456. The molecule has 2 rings (SSSR count). The molecule has 0 saturated heterocycles. The summed E-state index contributed by atoms with van der Waals surface area (Å²) in [4.78, 5) is 8.40. The number of aromatic nitrogens is 1. The van der Waals surface area contributed by atoms with Crippen LogP contribution in [0.4, 0.5) is 5.69 Å². The predicted molar refractivity (Wildman–Crippen MR) is 107 cm³/mol. The van der Waals surface area contributed by atoms with Crippen LogP contribution >= 0.6 is 7.60 Å². The minimum absolute atomic E-state index is 0.153. The molecule has 0 bridgehead atoms. The van der Waals surface area contributed by atoms with E-state index in [1.54, 1.807) is 50.5 Å². The van der Waals surface area contributed by atoms with Gasteiger partial charge in [-0.1, -0.05) is 0 Å². The van der Waals surface area contributed by atoms with E-state index >= 15 is 0 Å². The molecular formula is C19H25N2O6P. The molecule has 1 atom stereocenters. The summed E-state index contributed by atoms with van der Waals surface area (Å²) in [6, 6.07) is 6.63. The average molecular weight is 408 g/mol. The topological polar surface area (TPSA) is 99.5 Å². The van der Waals surface area contributed by atoms with Crippen LogP contribution in [0.2, 0.25) is 0 Å². The van der Waals surface area contributed by atoms with Crippen LogP contribution in [0.1, 0.15) is 25.1 Å². The van der Waals surface area contributed by atoms with Gasteiger partial charge in [0.05, 0.1) is 39.3 Å². The molecule has 1 aromatic carbocycles. The zero-order valence-electron chi connectivity index (χ0n) is 16.4. The lowest BCUT2D eigenvalue weighted by Crippen LogP contribution is -2.09. The van der Waals surface area contributed by atoms with Gasteiger partial charge in [-0.3, -0.25) is 14.5 Å². The average Bonchev–Trinajstić information content (AvgIpc) is 2.70. The SMILES string of the molecule is CCOP(=O)(OCC)C(C=Nc1cccnc1)c1cc(OC)c(O)c(OC)c1. The lowest BCUT2D eigenvalue weighted by molar-refractivity contribution is 0.217. The van der Waals surface area contributed by atoms with Crippen LogP contribution in [0.3, 0.4) is 0 Å². The number of aliphatic imine (C=N–C) groups is 1. The van der Waals surface area contributed by atoms with Gasteiger partial charge in [0.1, 0.15) is 5.66 Å². The van der Waals surface area contributed by atoms with Crippen LogP contribution in [-0.4, -0.2) is 43.7 Å². The highest BCUT2D eigenvalue weighted by Gasteiger charge is 2.37. The first kappa shape index (κ1) is 21.9. The van der Waals surface area contributed by atoms with Gasteiger partial charge in [0, 0.05) is 12.4 Å². The summed E-state index contributed by atoms with van der Waals surface area (Å²) in [5.41, 5.74) is 0.241. The Kier molecular flexibility index (Phi) is 7.99. The number of hydrogen-bond donors (Lipinski definition) is 1. The Morgan fingerprint density at radius 3 is 2.25 bits per heavy atom. The standard InChI is InChI=1S/C19H25N2O6P/c1-5-26-28(23,27-6-2)18(13-21-15-8-7-9-20-12-15)14-10-16(24-3)19(22)17(11-14)25-4/h7-13,18,22H,5-6H2,1-4H3. The van der Waals surface area contributed by atoms with Crippen molar-refractivity contribution in [1.82, 2.24) is 4.98 Å². The number of nitrogens with zero attached hydrogens (tertiary/aromatic N) is 2. The molecule has 8 nitrogen and oxygen atoms in total. The largest absolute Gasteiger partial charge is 0.502 e. The third-order valence-corrected chi connectivity index (χ3v) is 6.16. The highest BCUT2D eigenvalue weighted by atomic mass is 31.2. The fraction of sp³-hybridized carbons (Fsp3) is 0.368. The van der Waals surface area contributed by atoms with Crippen molar-refractivity contribution in [3.05, 3.63) is 42.2 Å². The number of phenolic OH excluding ortho intramolecular Hbond substituents is 1. The summed E-state index contributed by atoms with van der Waals surface area (Å²) < 4.78 is 35.0. The van der Waals surface area contributed by atoms with Gasteiger partial charge in [-0.15, -0.1) is 0 Å². The molecule has 0 saturated carbocycles. The van der Waals surface area contributed by atoms with Gasteiger partial charge in [0.2, 0.25) is 5.75 Å². The van der Waals surface area contributed by atoms with Gasteiger partial charge in [-0.05, 0) is 43.7 Å². The number of ether oxygens (including phenoxy) is 2. The molecule has 1 unspecified atom stereocenters. The minimum atomic E-state index is -3.63. The van der Waals surface area contributed by atoms with Crippen molar-refractivity contribution in [3.8, 4) is 17.2 Å². The second-order valence-electron chi connectivity index (χ2n) is 5.58. The number of aromatic hydroxyl groups is 1. The number of hydrogen-bond acceptors (Lipinski definition) is 8. The third kappa shape index (κ3) is 5.10. The lowest BCUT2D eigenvalue weighted by atomic mass is 10.1. The molecule has 2 aromatic rings. The number of rotatable bonds is 10. The van der Waals surface area contributed by atoms with Gasteiger partial charge in [0.15, 0.2) is 11.5 Å². The maximum atomic E-state index is 13.5. The van der Waals surface area contributed by atoms with Crippen molar-refractivity contribution in [3.63, 3.8) is 0 Å².